The van der Waals surface area contributed by atoms with E-state index in [2.05, 4.69) is 15.7 Å². The van der Waals surface area contributed by atoms with E-state index in [0.29, 0.717) is 25.7 Å². The number of ether oxygens (including phenoxy) is 2. The number of carbonyl (C=O) groups is 2. The van der Waals surface area contributed by atoms with Crippen LogP contribution in [0.25, 0.3) is 0 Å². The summed E-state index contributed by atoms with van der Waals surface area (Å²) in [5.41, 5.74) is 3.82. The number of rotatable bonds is 7. The lowest BCUT2D eigenvalue weighted by Gasteiger charge is -2.18. The van der Waals surface area contributed by atoms with Gasteiger partial charge in [-0.05, 0) is 67.1 Å². The molecule has 41 heavy (non-hydrogen) atoms. The zero-order valence-corrected chi connectivity index (χ0v) is 26.5. The first-order valence-electron chi connectivity index (χ1n) is 13.7. The Labute approximate surface area is 249 Å². The summed E-state index contributed by atoms with van der Waals surface area (Å²) >= 11 is 1.48. The Morgan fingerprint density at radius 3 is 2.61 bits per heavy atom. The Bertz CT molecular complexity index is 1250. The lowest BCUT2D eigenvalue weighted by atomic mass is 10.1. The topological polar surface area (TPSA) is 115 Å². The van der Waals surface area contributed by atoms with Gasteiger partial charge in [-0.3, -0.25) is 4.79 Å². The van der Waals surface area contributed by atoms with Crippen LogP contribution in [-0.2, 0) is 42.8 Å². The Kier molecular flexibility index (Phi) is 14.9. The number of thiazole rings is 1. The van der Waals surface area contributed by atoms with Gasteiger partial charge in [0.2, 0.25) is 10.9 Å². The Morgan fingerprint density at radius 2 is 1.90 bits per heavy atom. The first kappa shape index (κ1) is 34.3. The molecule has 3 atom stereocenters. The summed E-state index contributed by atoms with van der Waals surface area (Å²) in [5.74, 6) is -1.08. The SMILES string of the molecule is CC(/C=C/C(C)=C/[C@@H]1Cc2nc(cs2)CCC[C@H](N[SH](=O)=O)C(=O)O[C@@H](C)C/C(C)=C/C=C\C(=O)O1)=C\CN(C)C. The molecule has 1 aromatic rings. The molecule has 11 heteroatoms. The molecule has 1 N–H and O–H groups in total. The molecule has 0 aromatic carbocycles. The van der Waals surface area contributed by atoms with E-state index in [9.17, 15) is 18.0 Å². The van der Waals surface area contributed by atoms with Crippen molar-refractivity contribution in [1.82, 2.24) is 14.6 Å². The minimum absolute atomic E-state index is 0.288. The monoisotopic (exact) mass is 605 g/mol. The molecule has 0 saturated carbocycles. The Balaban J connectivity index is 2.29. The second kappa shape index (κ2) is 17.8. The van der Waals surface area contributed by atoms with Crippen LogP contribution >= 0.6 is 11.3 Å². The van der Waals surface area contributed by atoms with E-state index in [0.717, 1.165) is 34.0 Å². The quantitative estimate of drug-likeness (QED) is 0.269. The number of nitrogens with one attached hydrogen (secondary N) is 1. The summed E-state index contributed by atoms with van der Waals surface area (Å²) in [6.07, 6.45) is 14.1. The van der Waals surface area contributed by atoms with Crippen LogP contribution < -0.4 is 4.72 Å². The first-order chi connectivity index (χ1) is 19.4. The molecule has 0 amide bonds. The van der Waals surface area contributed by atoms with Crippen molar-refractivity contribution in [3.63, 3.8) is 0 Å². The average molecular weight is 606 g/mol. The molecule has 0 spiro atoms. The van der Waals surface area contributed by atoms with Gasteiger partial charge in [-0.2, -0.15) is 0 Å². The summed E-state index contributed by atoms with van der Waals surface area (Å²) in [7, 11) is 1.08. The number of likely N-dealkylation sites (N-methyl/N-ethyl adjacent to an activating group) is 1. The average Bonchev–Trinajstić information content (AvgIpc) is 3.31. The van der Waals surface area contributed by atoms with Gasteiger partial charge in [0.25, 0.3) is 0 Å². The summed E-state index contributed by atoms with van der Waals surface area (Å²) in [5, 5.41) is 2.75. The highest BCUT2D eigenvalue weighted by Crippen LogP contribution is 2.18. The van der Waals surface area contributed by atoms with E-state index in [1.54, 1.807) is 19.1 Å². The van der Waals surface area contributed by atoms with Gasteiger partial charge >= 0.3 is 11.9 Å². The number of cyclic esters (lactones) is 2. The number of hydrogen-bond acceptors (Lipinski definition) is 9. The summed E-state index contributed by atoms with van der Waals surface area (Å²) in [6.45, 7) is 8.48. The number of aromatic nitrogens is 1. The maximum atomic E-state index is 12.7. The van der Waals surface area contributed by atoms with Gasteiger partial charge in [0.05, 0.1) is 10.7 Å². The van der Waals surface area contributed by atoms with Crippen LogP contribution in [0.1, 0.15) is 57.7 Å². The van der Waals surface area contributed by atoms with Crippen LogP contribution in [0, 0.1) is 0 Å². The minimum atomic E-state index is -2.96. The molecule has 2 heterocycles. The highest BCUT2D eigenvalue weighted by Gasteiger charge is 2.23. The van der Waals surface area contributed by atoms with Crippen molar-refractivity contribution >= 4 is 34.2 Å². The highest BCUT2D eigenvalue weighted by molar-refractivity contribution is 7.70. The van der Waals surface area contributed by atoms with Crippen LogP contribution in [0.5, 0.6) is 0 Å². The number of aryl methyl sites for hydroxylation is 1. The summed E-state index contributed by atoms with van der Waals surface area (Å²) < 4.78 is 36.2. The molecule has 1 aromatic heterocycles. The second-order valence-corrected chi connectivity index (χ2v) is 12.2. The highest BCUT2D eigenvalue weighted by atomic mass is 32.2. The number of fused-ring (bicyclic) bond motifs is 2. The third-order valence-corrected chi connectivity index (χ3v) is 7.53. The normalized spacial score (nSPS) is 24.8. The molecule has 2 bridgehead atoms. The number of allylic oxidation sites excluding steroid dienone is 6. The van der Waals surface area contributed by atoms with E-state index in [-0.39, 0.29) is 6.42 Å². The second-order valence-electron chi connectivity index (χ2n) is 10.5. The van der Waals surface area contributed by atoms with Gasteiger partial charge in [-0.25, -0.2) is 22.9 Å². The molecule has 1 aliphatic rings. The summed E-state index contributed by atoms with van der Waals surface area (Å²) in [6, 6.07) is -0.958. The van der Waals surface area contributed by atoms with Gasteiger partial charge in [-0.15, -0.1) is 11.3 Å². The van der Waals surface area contributed by atoms with Gasteiger partial charge in [0.15, 0.2) is 0 Å². The van der Waals surface area contributed by atoms with Gasteiger partial charge < -0.3 is 14.4 Å². The molecular formula is C30H43N3O6S2. The largest absolute Gasteiger partial charge is 0.461 e. The van der Waals surface area contributed by atoms with Crippen molar-refractivity contribution in [3.05, 3.63) is 75.3 Å². The smallest absolute Gasteiger partial charge is 0.331 e. The molecule has 226 valence electrons. The first-order valence-corrected chi connectivity index (χ1v) is 15.7. The van der Waals surface area contributed by atoms with Crippen LogP contribution in [0.3, 0.4) is 0 Å². The maximum Gasteiger partial charge on any atom is 0.331 e. The third-order valence-electron chi connectivity index (χ3n) is 6.09. The fourth-order valence-electron chi connectivity index (χ4n) is 4.04. The Morgan fingerprint density at radius 1 is 1.17 bits per heavy atom. The van der Waals surface area contributed by atoms with Gasteiger partial charge in [-0.1, -0.05) is 47.1 Å². The number of esters is 2. The summed E-state index contributed by atoms with van der Waals surface area (Å²) in [4.78, 5) is 32.1. The molecule has 0 radical (unpaired) electrons. The minimum Gasteiger partial charge on any atom is -0.461 e. The number of hydrogen-bond donors (Lipinski definition) is 2. The van der Waals surface area contributed by atoms with E-state index in [1.165, 1.54) is 17.4 Å². The van der Waals surface area contributed by atoms with Crippen LogP contribution in [0.15, 0.2) is 64.6 Å². The predicted octanol–water partition coefficient (Wildman–Crippen LogP) is 4.25. The Hall–Kier alpha value is -2.86. The number of thiol groups is 1. The lowest BCUT2D eigenvalue weighted by Crippen LogP contribution is -2.38. The van der Waals surface area contributed by atoms with Crippen LogP contribution in [-0.4, -0.2) is 69.1 Å². The van der Waals surface area contributed by atoms with E-state index in [4.69, 9.17) is 14.5 Å². The predicted molar refractivity (Wildman–Crippen MR) is 164 cm³/mol. The maximum absolute atomic E-state index is 12.7. The van der Waals surface area contributed by atoms with Crippen LogP contribution in [0.4, 0.5) is 0 Å². The molecule has 0 saturated heterocycles. The van der Waals surface area contributed by atoms with Crippen molar-refractivity contribution in [2.75, 3.05) is 20.6 Å². The molecule has 2 rings (SSSR count). The van der Waals surface area contributed by atoms with Crippen molar-refractivity contribution in [2.45, 2.75) is 78.0 Å². The fraction of sp³-hybridized carbons (Fsp3) is 0.500. The van der Waals surface area contributed by atoms with Crippen molar-refractivity contribution in [1.29, 1.82) is 0 Å². The zero-order valence-electron chi connectivity index (χ0n) is 24.8. The van der Waals surface area contributed by atoms with Crippen LogP contribution in [0.2, 0.25) is 0 Å². The standard InChI is InChI=1S/C30H43N3O6S2/c1-21(15-16-33(5)6)13-14-23(3)18-26-19-28-31-25(20-40-28)10-8-11-27(32-41(36)37)30(35)38-24(4)17-22(2)9-7-12-29(34)39-26/h7,9,12-15,18,20,24,26-27,41H,8,10-11,16-17,19H2,1-6H3,(H,32,36,37)/b12-7-,14-13+,21-15+,22-9+,23-18+/t24-,26+,27-/m0/s1. The molecule has 0 unspecified atom stereocenters. The molecule has 9 nitrogen and oxygen atoms in total. The molecule has 0 fully saturated rings. The van der Waals surface area contributed by atoms with Crippen molar-refractivity contribution in [3.8, 4) is 0 Å². The van der Waals surface area contributed by atoms with Crippen molar-refractivity contribution < 1.29 is 27.5 Å². The molecule has 1 aliphatic heterocycles. The lowest BCUT2D eigenvalue weighted by molar-refractivity contribution is -0.150. The number of carbonyl (C=O) groups excluding carboxylic acids is 2. The third kappa shape index (κ3) is 14.6. The van der Waals surface area contributed by atoms with Gasteiger partial charge in [0.1, 0.15) is 18.2 Å². The molecule has 0 aliphatic carbocycles. The number of nitrogens with zero attached hydrogens (tertiary/aromatic N) is 2. The van der Waals surface area contributed by atoms with E-state index in [1.807, 2.05) is 58.5 Å². The van der Waals surface area contributed by atoms with Crippen molar-refractivity contribution in [2.24, 2.45) is 0 Å². The van der Waals surface area contributed by atoms with Gasteiger partial charge in [0, 0.05) is 30.8 Å². The van der Waals surface area contributed by atoms with E-state index >= 15 is 0 Å². The van der Waals surface area contributed by atoms with E-state index < -0.39 is 41.1 Å². The zero-order chi connectivity index (χ0) is 30.4. The fourth-order valence-corrected chi connectivity index (χ4v) is 5.41. The molecular weight excluding hydrogens is 562 g/mol.